The Labute approximate surface area is 131 Å². The number of amides is 1. The van der Waals surface area contributed by atoms with Crippen LogP contribution < -0.4 is 0 Å². The summed E-state index contributed by atoms with van der Waals surface area (Å²) in [7, 11) is 0. The van der Waals surface area contributed by atoms with E-state index in [0.717, 1.165) is 4.90 Å². The summed E-state index contributed by atoms with van der Waals surface area (Å²) in [6, 6.07) is 16.8. The Bertz CT molecular complexity index is 590. The van der Waals surface area contributed by atoms with E-state index in [2.05, 4.69) is 0 Å². The molecular weight excluding hydrogens is 310 g/mol. The van der Waals surface area contributed by atoms with Crippen molar-refractivity contribution in [1.82, 2.24) is 4.90 Å². The minimum Gasteiger partial charge on any atom is -0.329 e. The molecule has 0 spiro atoms. The van der Waals surface area contributed by atoms with Crippen molar-refractivity contribution < 1.29 is 22.4 Å². The minimum atomic E-state index is -4.70. The predicted molar refractivity (Wildman–Crippen MR) is 78.1 cm³/mol. The van der Waals surface area contributed by atoms with Crippen LogP contribution in [0.1, 0.15) is 11.1 Å². The van der Waals surface area contributed by atoms with Crippen LogP contribution in [0.3, 0.4) is 0 Å². The molecule has 2 aromatic carbocycles. The molecule has 0 aliphatic heterocycles. The first-order valence-corrected chi connectivity index (χ1v) is 6.94. The molecule has 0 saturated heterocycles. The van der Waals surface area contributed by atoms with Gasteiger partial charge in [0.15, 0.2) is 0 Å². The van der Waals surface area contributed by atoms with Gasteiger partial charge in [-0.15, -0.1) is 0 Å². The molecule has 0 saturated carbocycles. The maximum atomic E-state index is 13.5. The Morgan fingerprint density at radius 3 is 1.61 bits per heavy atom. The maximum Gasteiger partial charge on any atom is 0.383 e. The van der Waals surface area contributed by atoms with Gasteiger partial charge in [-0.2, -0.15) is 8.78 Å². The summed E-state index contributed by atoms with van der Waals surface area (Å²) in [6.45, 7) is -0.340. The van der Waals surface area contributed by atoms with Gasteiger partial charge in [0, 0.05) is 13.1 Å². The molecule has 0 bridgehead atoms. The second-order valence-electron chi connectivity index (χ2n) is 5.06. The van der Waals surface area contributed by atoms with E-state index in [1.807, 2.05) is 0 Å². The molecule has 0 aliphatic rings. The summed E-state index contributed by atoms with van der Waals surface area (Å²) in [4.78, 5) is 12.7. The van der Waals surface area contributed by atoms with E-state index in [0.29, 0.717) is 11.1 Å². The molecule has 6 heteroatoms. The molecule has 2 aromatic rings. The zero-order chi connectivity index (χ0) is 16.9. The van der Waals surface area contributed by atoms with Gasteiger partial charge in [-0.25, -0.2) is 8.78 Å². The SMILES string of the molecule is O=C(N(Cc1ccccc1)Cc1ccccc1)C(F)(F)C(F)F. The summed E-state index contributed by atoms with van der Waals surface area (Å²) >= 11 is 0. The lowest BCUT2D eigenvalue weighted by molar-refractivity contribution is -0.181. The zero-order valence-electron chi connectivity index (χ0n) is 12.1. The monoisotopic (exact) mass is 325 g/mol. The summed E-state index contributed by atoms with van der Waals surface area (Å²) in [6.07, 6.45) is -4.04. The summed E-state index contributed by atoms with van der Waals surface area (Å²) in [5.74, 6) is -6.58. The highest BCUT2D eigenvalue weighted by Gasteiger charge is 2.51. The Morgan fingerprint density at radius 1 is 0.870 bits per heavy atom. The van der Waals surface area contributed by atoms with Gasteiger partial charge in [-0.05, 0) is 11.1 Å². The van der Waals surface area contributed by atoms with Gasteiger partial charge in [0.05, 0.1) is 0 Å². The third-order valence-corrected chi connectivity index (χ3v) is 3.28. The number of alkyl halides is 4. The quantitative estimate of drug-likeness (QED) is 0.732. The fourth-order valence-corrected chi connectivity index (χ4v) is 2.11. The van der Waals surface area contributed by atoms with Gasteiger partial charge in [0.2, 0.25) is 0 Å². The van der Waals surface area contributed by atoms with E-state index in [9.17, 15) is 22.4 Å². The molecule has 0 atom stereocenters. The van der Waals surface area contributed by atoms with Crippen molar-refractivity contribution in [3.63, 3.8) is 0 Å². The van der Waals surface area contributed by atoms with Crippen molar-refractivity contribution in [2.24, 2.45) is 0 Å². The van der Waals surface area contributed by atoms with Crippen LogP contribution in [0.5, 0.6) is 0 Å². The molecule has 23 heavy (non-hydrogen) atoms. The van der Waals surface area contributed by atoms with Crippen LogP contribution in [0.25, 0.3) is 0 Å². The first-order chi connectivity index (χ1) is 10.9. The average molecular weight is 325 g/mol. The van der Waals surface area contributed by atoms with Gasteiger partial charge < -0.3 is 4.90 Å². The predicted octanol–water partition coefficient (Wildman–Crippen LogP) is 4.12. The Balaban J connectivity index is 2.25. The van der Waals surface area contributed by atoms with Crippen LogP contribution >= 0.6 is 0 Å². The number of carbonyl (C=O) groups is 1. The van der Waals surface area contributed by atoms with Crippen LogP contribution in [-0.2, 0) is 17.9 Å². The fraction of sp³-hybridized carbons (Fsp3) is 0.235. The second-order valence-corrected chi connectivity index (χ2v) is 5.06. The standard InChI is InChI=1S/C17H15F4NO/c18-15(19)17(20,21)16(23)22(11-13-7-3-1-4-8-13)12-14-9-5-2-6-10-14/h1-10,15H,11-12H2. The maximum absolute atomic E-state index is 13.5. The highest BCUT2D eigenvalue weighted by molar-refractivity contribution is 5.84. The molecule has 122 valence electrons. The first kappa shape index (κ1) is 17.0. The molecular formula is C17H15F4NO. The van der Waals surface area contributed by atoms with Crippen LogP contribution in [-0.4, -0.2) is 23.2 Å². The van der Waals surface area contributed by atoms with Crippen molar-refractivity contribution in [3.05, 3.63) is 71.8 Å². The highest BCUT2D eigenvalue weighted by atomic mass is 19.3. The largest absolute Gasteiger partial charge is 0.383 e. The number of hydrogen-bond donors (Lipinski definition) is 0. The topological polar surface area (TPSA) is 20.3 Å². The van der Waals surface area contributed by atoms with Crippen LogP contribution in [0, 0.1) is 0 Å². The number of nitrogens with zero attached hydrogens (tertiary/aromatic N) is 1. The molecule has 1 amide bonds. The van der Waals surface area contributed by atoms with Crippen molar-refractivity contribution in [2.45, 2.75) is 25.4 Å². The molecule has 2 rings (SSSR count). The zero-order valence-corrected chi connectivity index (χ0v) is 12.1. The van der Waals surface area contributed by atoms with Crippen LogP contribution in [0.15, 0.2) is 60.7 Å². The number of benzene rings is 2. The summed E-state index contributed by atoms with van der Waals surface area (Å²) in [5.41, 5.74) is 1.17. The molecule has 0 aromatic heterocycles. The van der Waals surface area contributed by atoms with E-state index < -0.39 is 18.3 Å². The molecule has 0 aliphatic carbocycles. The van der Waals surface area contributed by atoms with Crippen molar-refractivity contribution in [3.8, 4) is 0 Å². The number of rotatable bonds is 6. The van der Waals surface area contributed by atoms with Crippen molar-refractivity contribution >= 4 is 5.91 Å². The van der Waals surface area contributed by atoms with E-state index >= 15 is 0 Å². The highest BCUT2D eigenvalue weighted by Crippen LogP contribution is 2.27. The smallest absolute Gasteiger partial charge is 0.329 e. The van der Waals surface area contributed by atoms with Gasteiger partial charge >= 0.3 is 12.3 Å². The van der Waals surface area contributed by atoms with E-state index in [1.165, 1.54) is 0 Å². The molecule has 0 N–H and O–H groups in total. The minimum absolute atomic E-state index is 0.170. The average Bonchev–Trinajstić information content (AvgIpc) is 2.55. The summed E-state index contributed by atoms with van der Waals surface area (Å²) < 4.78 is 51.9. The van der Waals surface area contributed by atoms with Gasteiger partial charge in [-0.1, -0.05) is 60.7 Å². The first-order valence-electron chi connectivity index (χ1n) is 6.94. The van der Waals surface area contributed by atoms with Gasteiger partial charge in [0.1, 0.15) is 0 Å². The lowest BCUT2D eigenvalue weighted by Gasteiger charge is -2.27. The van der Waals surface area contributed by atoms with E-state index in [4.69, 9.17) is 0 Å². The van der Waals surface area contributed by atoms with Gasteiger partial charge in [-0.3, -0.25) is 4.79 Å². The molecule has 0 unspecified atom stereocenters. The normalized spacial score (nSPS) is 11.5. The lowest BCUT2D eigenvalue weighted by Crippen LogP contribution is -2.47. The van der Waals surface area contributed by atoms with Crippen LogP contribution in [0.2, 0.25) is 0 Å². The Morgan fingerprint density at radius 2 is 1.26 bits per heavy atom. The van der Waals surface area contributed by atoms with E-state index in [-0.39, 0.29) is 13.1 Å². The van der Waals surface area contributed by atoms with Crippen molar-refractivity contribution in [2.75, 3.05) is 0 Å². The van der Waals surface area contributed by atoms with Gasteiger partial charge in [0.25, 0.3) is 5.91 Å². The Kier molecular flexibility index (Phi) is 5.36. The van der Waals surface area contributed by atoms with Crippen molar-refractivity contribution in [1.29, 1.82) is 0 Å². The third kappa shape index (κ3) is 4.31. The molecule has 2 nitrogen and oxygen atoms in total. The van der Waals surface area contributed by atoms with E-state index in [1.54, 1.807) is 60.7 Å². The molecule has 0 radical (unpaired) electrons. The molecule has 0 fully saturated rings. The number of halogens is 4. The second kappa shape index (κ2) is 7.26. The van der Waals surface area contributed by atoms with Crippen LogP contribution in [0.4, 0.5) is 17.6 Å². The lowest BCUT2D eigenvalue weighted by atomic mass is 10.1. The fourth-order valence-electron chi connectivity index (χ4n) is 2.11. The summed E-state index contributed by atoms with van der Waals surface area (Å²) in [5, 5.41) is 0. The number of carbonyl (C=O) groups excluding carboxylic acids is 1. The number of hydrogen-bond acceptors (Lipinski definition) is 1. The Hall–Kier alpha value is -2.37. The molecule has 0 heterocycles. The third-order valence-electron chi connectivity index (χ3n) is 3.28.